The topological polar surface area (TPSA) is 0 Å². The third kappa shape index (κ3) is 5.91. The summed E-state index contributed by atoms with van der Waals surface area (Å²) in [6.45, 7) is 21.7. The van der Waals surface area contributed by atoms with E-state index in [-0.39, 0.29) is 0 Å². The van der Waals surface area contributed by atoms with E-state index in [9.17, 15) is 0 Å². The van der Waals surface area contributed by atoms with Crippen molar-refractivity contribution in [3.05, 3.63) is 122 Å². The highest BCUT2D eigenvalue weighted by Gasteiger charge is 2.37. The van der Waals surface area contributed by atoms with Gasteiger partial charge in [0.1, 0.15) is 0 Å². The van der Waals surface area contributed by atoms with Gasteiger partial charge in [-0.2, -0.15) is 0 Å². The van der Waals surface area contributed by atoms with Gasteiger partial charge >= 0.3 is 0 Å². The van der Waals surface area contributed by atoms with Crippen molar-refractivity contribution in [2.24, 2.45) is 0 Å². The summed E-state index contributed by atoms with van der Waals surface area (Å²) < 4.78 is 0. The smallest absolute Gasteiger partial charge is 0.0687 e. The second-order valence-electron chi connectivity index (χ2n) is 16.9. The van der Waals surface area contributed by atoms with Gasteiger partial charge in [0, 0.05) is 0 Å². The van der Waals surface area contributed by atoms with E-state index < -0.39 is 24.2 Å². The van der Waals surface area contributed by atoms with E-state index in [0.717, 1.165) is 19.3 Å². The molecular weight excluding hydrogens is 589 g/mol. The van der Waals surface area contributed by atoms with Crippen LogP contribution in [0.25, 0.3) is 51.6 Å². The molecule has 0 saturated heterocycles. The van der Waals surface area contributed by atoms with Crippen LogP contribution in [0.4, 0.5) is 0 Å². The Balaban J connectivity index is 1.39. The Kier molecular flexibility index (Phi) is 7.20. The third-order valence-corrected chi connectivity index (χ3v) is 12.9. The van der Waals surface area contributed by atoms with Crippen LogP contribution in [0.5, 0.6) is 0 Å². The number of benzene rings is 4. The molecule has 0 heterocycles. The summed E-state index contributed by atoms with van der Waals surface area (Å²) in [5.41, 5.74) is 29.6. The first-order chi connectivity index (χ1) is 21.1. The highest BCUT2D eigenvalue weighted by Crippen LogP contribution is 2.56. The Morgan fingerprint density at radius 1 is 0.400 bits per heavy atom. The Labute approximate surface area is 274 Å². The zero-order valence-corrected chi connectivity index (χ0v) is 31.8. The molecule has 0 nitrogen and oxygen atoms in total. The molecule has 228 valence electrons. The maximum absolute atomic E-state index is 2.48. The zero-order valence-electron chi connectivity index (χ0n) is 28.8. The molecule has 3 heteroatoms. The average Bonchev–Trinajstić information content (AvgIpc) is 3.62. The van der Waals surface area contributed by atoms with Gasteiger partial charge in [0.25, 0.3) is 0 Å². The van der Waals surface area contributed by atoms with Crippen molar-refractivity contribution >= 4 is 42.4 Å². The fourth-order valence-electron chi connectivity index (χ4n) is 7.36. The molecule has 4 aromatic rings. The maximum atomic E-state index is 2.48. The molecular formula is C42H48Si3. The third-order valence-electron chi connectivity index (χ3n) is 9.44. The number of rotatable bonds is 6. The molecule has 3 aliphatic rings. The first-order valence-corrected chi connectivity index (χ1v) is 27.5. The molecule has 0 saturated carbocycles. The molecule has 7 rings (SSSR count). The van der Waals surface area contributed by atoms with Crippen LogP contribution in [0.1, 0.15) is 50.1 Å². The summed E-state index contributed by atoms with van der Waals surface area (Å²) in [6.07, 6.45) is 10.2. The van der Waals surface area contributed by atoms with E-state index in [2.05, 4.69) is 149 Å². The minimum absolute atomic E-state index is 1.03. The fourth-order valence-corrected chi connectivity index (χ4v) is 9.44. The molecule has 0 N–H and O–H groups in total. The first kappa shape index (κ1) is 30.4. The van der Waals surface area contributed by atoms with Crippen LogP contribution in [0.3, 0.4) is 0 Å². The standard InChI is InChI=1S/C42H48Si3/c1-43(2,3)19-16-28-10-13-34-31(22-28)25-37-40(34)38-26-32-23-30(18-21-45(7,8)9)12-15-36(32)42(38)39-27-33-24-29(17-20-44(4,5)6)11-14-35(33)41(37)39/h10-24H,25-27H2,1-9H3/b19-16+,20-17+,21-18+. The Bertz CT molecular complexity index is 1720. The van der Waals surface area contributed by atoms with Gasteiger partial charge in [-0.05, 0) is 103 Å². The molecule has 3 aliphatic carbocycles. The number of hydrogen-bond donors (Lipinski definition) is 0. The molecule has 0 fully saturated rings. The van der Waals surface area contributed by atoms with Crippen LogP contribution in [-0.4, -0.2) is 24.2 Å². The molecule has 0 atom stereocenters. The Morgan fingerprint density at radius 3 is 0.911 bits per heavy atom. The number of hydrogen-bond acceptors (Lipinski definition) is 0. The van der Waals surface area contributed by atoms with E-state index in [1.165, 1.54) is 66.8 Å². The lowest BCUT2D eigenvalue weighted by Crippen LogP contribution is -2.15. The first-order valence-electron chi connectivity index (χ1n) is 16.8. The van der Waals surface area contributed by atoms with E-state index in [0.29, 0.717) is 0 Å². The lowest BCUT2D eigenvalue weighted by molar-refractivity contribution is 1.21. The second kappa shape index (κ2) is 10.7. The zero-order chi connectivity index (χ0) is 31.9. The minimum atomic E-state index is -1.26. The van der Waals surface area contributed by atoms with Crippen LogP contribution in [-0.2, 0) is 19.3 Å². The Morgan fingerprint density at radius 2 is 0.667 bits per heavy atom. The molecule has 0 spiro atoms. The van der Waals surface area contributed by atoms with E-state index >= 15 is 0 Å². The predicted molar refractivity (Wildman–Crippen MR) is 208 cm³/mol. The van der Waals surface area contributed by atoms with Crippen molar-refractivity contribution < 1.29 is 0 Å². The predicted octanol–water partition coefficient (Wildman–Crippen LogP) is 12.1. The summed E-state index contributed by atoms with van der Waals surface area (Å²) in [6, 6.07) is 21.8. The highest BCUT2D eigenvalue weighted by molar-refractivity contribution is 6.82. The van der Waals surface area contributed by atoms with Gasteiger partial charge in [-0.15, -0.1) is 0 Å². The van der Waals surface area contributed by atoms with Gasteiger partial charge in [-0.1, -0.05) is 149 Å². The molecule has 0 amide bonds. The molecule has 45 heavy (non-hydrogen) atoms. The van der Waals surface area contributed by atoms with Gasteiger partial charge in [0.2, 0.25) is 0 Å². The molecule has 4 aromatic carbocycles. The van der Waals surface area contributed by atoms with Crippen LogP contribution >= 0.6 is 0 Å². The van der Waals surface area contributed by atoms with Gasteiger partial charge < -0.3 is 0 Å². The minimum Gasteiger partial charge on any atom is -0.0944 e. The lowest BCUT2D eigenvalue weighted by Gasteiger charge is -2.17. The molecule has 0 bridgehead atoms. The lowest BCUT2D eigenvalue weighted by atomic mass is 9.86. The van der Waals surface area contributed by atoms with Crippen molar-refractivity contribution in [1.29, 1.82) is 0 Å². The van der Waals surface area contributed by atoms with Gasteiger partial charge in [-0.25, -0.2) is 0 Å². The van der Waals surface area contributed by atoms with Gasteiger partial charge in [0.05, 0.1) is 24.2 Å². The normalized spacial score (nSPS) is 15.1. The summed E-state index contributed by atoms with van der Waals surface area (Å²) >= 11 is 0. The van der Waals surface area contributed by atoms with E-state index in [1.807, 2.05) is 0 Å². The van der Waals surface area contributed by atoms with Crippen molar-refractivity contribution in [1.82, 2.24) is 0 Å². The fraction of sp³-hybridized carbons (Fsp3) is 0.286. The van der Waals surface area contributed by atoms with Crippen LogP contribution in [0.2, 0.25) is 58.9 Å². The monoisotopic (exact) mass is 636 g/mol. The van der Waals surface area contributed by atoms with Crippen molar-refractivity contribution in [3.8, 4) is 33.4 Å². The Hall–Kier alpha value is -3.25. The molecule has 0 radical (unpaired) electrons. The quantitative estimate of drug-likeness (QED) is 0.159. The summed E-state index contributed by atoms with van der Waals surface area (Å²) in [4.78, 5) is 0. The van der Waals surface area contributed by atoms with E-state index in [1.54, 1.807) is 16.7 Å². The van der Waals surface area contributed by atoms with Crippen LogP contribution in [0.15, 0.2) is 71.7 Å². The molecule has 0 aliphatic heterocycles. The maximum Gasteiger partial charge on any atom is 0.0687 e. The van der Waals surface area contributed by atoms with Crippen molar-refractivity contribution in [2.75, 3.05) is 0 Å². The largest absolute Gasteiger partial charge is 0.0944 e. The van der Waals surface area contributed by atoms with E-state index in [4.69, 9.17) is 0 Å². The average molecular weight is 637 g/mol. The van der Waals surface area contributed by atoms with Crippen LogP contribution in [0, 0.1) is 0 Å². The summed E-state index contributed by atoms with van der Waals surface area (Å²) in [5.74, 6) is 0. The molecule has 0 aromatic heterocycles. The second-order valence-corrected chi connectivity index (χ2v) is 32.1. The summed E-state index contributed by atoms with van der Waals surface area (Å²) in [5, 5.41) is 0. The van der Waals surface area contributed by atoms with Crippen molar-refractivity contribution in [3.63, 3.8) is 0 Å². The SMILES string of the molecule is C[Si](C)(C)/C=C/c1ccc2c(c1)Cc1c-2c2c(c3c1-c1ccc(/C=C/[Si](C)(C)C)cc1C3)-c1ccc(/C=C/[Si](C)(C)C)cc1C2. The van der Waals surface area contributed by atoms with Crippen LogP contribution < -0.4 is 0 Å². The molecule has 0 unspecified atom stereocenters. The number of fused-ring (bicyclic) bond motifs is 12. The van der Waals surface area contributed by atoms with Gasteiger partial charge in [0.15, 0.2) is 0 Å². The highest BCUT2D eigenvalue weighted by atomic mass is 28.3. The summed E-state index contributed by atoms with van der Waals surface area (Å²) in [7, 11) is -3.78. The van der Waals surface area contributed by atoms with Gasteiger partial charge in [-0.3, -0.25) is 0 Å². The van der Waals surface area contributed by atoms with Crippen molar-refractivity contribution in [2.45, 2.75) is 78.2 Å².